The number of hydrogen-bond donors (Lipinski definition) is 1. The molecule has 1 N–H and O–H groups in total. The molecule has 0 aliphatic rings. The third kappa shape index (κ3) is 4.67. The summed E-state index contributed by atoms with van der Waals surface area (Å²) < 4.78 is 0. The van der Waals surface area contributed by atoms with Crippen LogP contribution in [0.5, 0.6) is 0 Å². The molecule has 5 heteroatoms. The van der Waals surface area contributed by atoms with Gasteiger partial charge in [0.25, 0.3) is 0 Å². The molecule has 2 rings (SSSR count). The molecular formula is C20H21N3O2. The van der Waals surface area contributed by atoms with E-state index in [0.29, 0.717) is 22.9 Å². The fourth-order valence-electron chi connectivity index (χ4n) is 2.45. The average molecular weight is 335 g/mol. The zero-order chi connectivity index (χ0) is 18.4. The summed E-state index contributed by atoms with van der Waals surface area (Å²) in [6.45, 7) is 5.50. The summed E-state index contributed by atoms with van der Waals surface area (Å²) in [6, 6.07) is 16.4. The first-order valence-electron chi connectivity index (χ1n) is 8.09. The second kappa shape index (κ2) is 8.11. The SMILES string of the molecule is CC(=O)N(CC(=O)Nc1ccccc1C#N)c1ccc(C(C)C)cc1. The second-order valence-corrected chi connectivity index (χ2v) is 6.06. The van der Waals surface area contributed by atoms with Crippen molar-refractivity contribution in [2.24, 2.45) is 0 Å². The van der Waals surface area contributed by atoms with E-state index in [0.717, 1.165) is 0 Å². The van der Waals surface area contributed by atoms with Crippen LogP contribution in [-0.2, 0) is 9.59 Å². The highest BCUT2D eigenvalue weighted by Crippen LogP contribution is 2.21. The molecule has 2 aromatic carbocycles. The normalized spacial score (nSPS) is 10.2. The van der Waals surface area contributed by atoms with Crippen LogP contribution in [0, 0.1) is 11.3 Å². The van der Waals surface area contributed by atoms with Crippen molar-refractivity contribution in [1.29, 1.82) is 5.26 Å². The predicted molar refractivity (Wildman–Crippen MR) is 98.3 cm³/mol. The Morgan fingerprint density at radius 3 is 2.32 bits per heavy atom. The van der Waals surface area contributed by atoms with Gasteiger partial charge in [-0.15, -0.1) is 0 Å². The van der Waals surface area contributed by atoms with Gasteiger partial charge in [0.2, 0.25) is 11.8 Å². The smallest absolute Gasteiger partial charge is 0.244 e. The summed E-state index contributed by atoms with van der Waals surface area (Å²) in [4.78, 5) is 25.7. The summed E-state index contributed by atoms with van der Waals surface area (Å²) in [5, 5.41) is 11.8. The summed E-state index contributed by atoms with van der Waals surface area (Å²) >= 11 is 0. The molecule has 2 aromatic rings. The van der Waals surface area contributed by atoms with Crippen molar-refractivity contribution in [3.8, 4) is 6.07 Å². The molecule has 25 heavy (non-hydrogen) atoms. The second-order valence-electron chi connectivity index (χ2n) is 6.06. The number of carbonyl (C=O) groups is 2. The van der Waals surface area contributed by atoms with Crippen molar-refractivity contribution in [2.45, 2.75) is 26.7 Å². The van der Waals surface area contributed by atoms with E-state index in [9.17, 15) is 9.59 Å². The highest BCUT2D eigenvalue weighted by atomic mass is 16.2. The molecule has 0 saturated heterocycles. The Morgan fingerprint density at radius 2 is 1.76 bits per heavy atom. The molecule has 0 aliphatic carbocycles. The lowest BCUT2D eigenvalue weighted by molar-refractivity contribution is -0.120. The number of amides is 2. The Balaban J connectivity index is 2.15. The molecule has 2 amide bonds. The Labute approximate surface area is 147 Å². The quantitative estimate of drug-likeness (QED) is 0.906. The average Bonchev–Trinajstić information content (AvgIpc) is 2.60. The number of benzene rings is 2. The number of hydrogen-bond acceptors (Lipinski definition) is 3. The van der Waals surface area contributed by atoms with Crippen molar-refractivity contribution in [3.63, 3.8) is 0 Å². The third-order valence-electron chi connectivity index (χ3n) is 3.87. The maximum absolute atomic E-state index is 12.3. The molecule has 0 atom stereocenters. The molecule has 128 valence electrons. The van der Waals surface area contributed by atoms with Crippen LogP contribution in [0.2, 0.25) is 0 Å². The minimum absolute atomic E-state index is 0.115. The monoisotopic (exact) mass is 335 g/mol. The van der Waals surface area contributed by atoms with E-state index in [2.05, 4.69) is 19.2 Å². The van der Waals surface area contributed by atoms with Crippen molar-refractivity contribution in [2.75, 3.05) is 16.8 Å². The molecule has 0 radical (unpaired) electrons. The van der Waals surface area contributed by atoms with Crippen molar-refractivity contribution in [1.82, 2.24) is 0 Å². The van der Waals surface area contributed by atoms with E-state index >= 15 is 0 Å². The van der Waals surface area contributed by atoms with Crippen LogP contribution in [-0.4, -0.2) is 18.4 Å². The maximum Gasteiger partial charge on any atom is 0.244 e. The van der Waals surface area contributed by atoms with Crippen molar-refractivity contribution < 1.29 is 9.59 Å². The molecule has 0 unspecified atom stereocenters. The van der Waals surface area contributed by atoms with Crippen LogP contribution in [0.1, 0.15) is 37.8 Å². The van der Waals surface area contributed by atoms with Crippen molar-refractivity contribution in [3.05, 3.63) is 59.7 Å². The molecule has 0 bridgehead atoms. The van der Waals surface area contributed by atoms with Gasteiger partial charge in [0.05, 0.1) is 11.3 Å². The Kier molecular flexibility index (Phi) is 5.91. The number of rotatable bonds is 5. The number of para-hydroxylation sites is 1. The van der Waals surface area contributed by atoms with Crippen LogP contribution >= 0.6 is 0 Å². The maximum atomic E-state index is 12.3. The fourth-order valence-corrected chi connectivity index (χ4v) is 2.45. The minimum atomic E-state index is -0.356. The van der Waals surface area contributed by atoms with Gasteiger partial charge < -0.3 is 10.2 Å². The molecule has 0 aliphatic heterocycles. The number of nitriles is 1. The number of anilines is 2. The van der Waals surface area contributed by atoms with E-state index < -0.39 is 0 Å². The van der Waals surface area contributed by atoms with Gasteiger partial charge >= 0.3 is 0 Å². The molecule has 0 saturated carbocycles. The Morgan fingerprint density at radius 1 is 1.12 bits per heavy atom. The summed E-state index contributed by atoms with van der Waals surface area (Å²) in [5.74, 6) is -0.183. The van der Waals surface area contributed by atoms with Gasteiger partial charge in [0.1, 0.15) is 12.6 Å². The van der Waals surface area contributed by atoms with Gasteiger partial charge in [-0.2, -0.15) is 5.26 Å². The van der Waals surface area contributed by atoms with Crippen molar-refractivity contribution >= 4 is 23.2 Å². The van der Waals surface area contributed by atoms with Crippen LogP contribution in [0.4, 0.5) is 11.4 Å². The molecule has 0 spiro atoms. The lowest BCUT2D eigenvalue weighted by atomic mass is 10.0. The minimum Gasteiger partial charge on any atom is -0.323 e. The van der Waals surface area contributed by atoms with E-state index in [1.165, 1.54) is 17.4 Å². The topological polar surface area (TPSA) is 73.2 Å². The van der Waals surface area contributed by atoms with Gasteiger partial charge in [-0.25, -0.2) is 0 Å². The molecule has 5 nitrogen and oxygen atoms in total. The van der Waals surface area contributed by atoms with E-state index in [-0.39, 0.29) is 18.4 Å². The Hall–Kier alpha value is -3.13. The van der Waals surface area contributed by atoms with Gasteiger partial charge in [0, 0.05) is 12.6 Å². The third-order valence-corrected chi connectivity index (χ3v) is 3.87. The lowest BCUT2D eigenvalue weighted by Gasteiger charge is -2.21. The van der Waals surface area contributed by atoms with Crippen LogP contribution < -0.4 is 10.2 Å². The summed E-state index contributed by atoms with van der Waals surface area (Å²) in [6.07, 6.45) is 0. The molecule has 0 aromatic heterocycles. The van der Waals surface area contributed by atoms with E-state index in [1.54, 1.807) is 24.3 Å². The largest absolute Gasteiger partial charge is 0.323 e. The zero-order valence-electron chi connectivity index (χ0n) is 14.6. The van der Waals surface area contributed by atoms with E-state index in [4.69, 9.17) is 5.26 Å². The number of carbonyl (C=O) groups excluding carboxylic acids is 2. The first-order valence-corrected chi connectivity index (χ1v) is 8.09. The van der Waals surface area contributed by atoms with Gasteiger partial charge in [0.15, 0.2) is 0 Å². The van der Waals surface area contributed by atoms with Crippen LogP contribution in [0.15, 0.2) is 48.5 Å². The van der Waals surface area contributed by atoms with Crippen LogP contribution in [0.25, 0.3) is 0 Å². The zero-order valence-corrected chi connectivity index (χ0v) is 14.6. The predicted octanol–water partition coefficient (Wildman–Crippen LogP) is 3.67. The number of nitrogens with one attached hydrogen (secondary N) is 1. The Bertz CT molecular complexity index is 804. The molecular weight excluding hydrogens is 314 g/mol. The fraction of sp³-hybridized carbons (Fsp3) is 0.250. The molecule has 0 heterocycles. The summed E-state index contributed by atoms with van der Waals surface area (Å²) in [5.41, 5.74) is 2.65. The van der Waals surface area contributed by atoms with Gasteiger partial charge in [-0.05, 0) is 35.7 Å². The van der Waals surface area contributed by atoms with Gasteiger partial charge in [-0.3, -0.25) is 9.59 Å². The first-order chi connectivity index (χ1) is 11.9. The lowest BCUT2D eigenvalue weighted by Crippen LogP contribution is -2.36. The molecule has 0 fully saturated rings. The number of nitrogens with zero attached hydrogens (tertiary/aromatic N) is 2. The highest BCUT2D eigenvalue weighted by Gasteiger charge is 2.17. The van der Waals surface area contributed by atoms with E-state index in [1.807, 2.05) is 30.3 Å². The van der Waals surface area contributed by atoms with Gasteiger partial charge in [-0.1, -0.05) is 38.1 Å². The standard InChI is InChI=1S/C20H21N3O2/c1-14(2)16-8-10-18(11-9-16)23(15(3)24)13-20(25)22-19-7-5-4-6-17(19)12-21/h4-11,14H,13H2,1-3H3,(H,22,25). The first kappa shape index (κ1) is 18.2. The highest BCUT2D eigenvalue weighted by molar-refractivity contribution is 6.02. The summed E-state index contributed by atoms with van der Waals surface area (Å²) in [7, 11) is 0. The van der Waals surface area contributed by atoms with Crippen LogP contribution in [0.3, 0.4) is 0 Å².